The lowest BCUT2D eigenvalue weighted by atomic mass is 9.92. The molecule has 0 bridgehead atoms. The first-order valence-corrected chi connectivity index (χ1v) is 7.37. The first-order valence-electron chi connectivity index (χ1n) is 7.37. The minimum atomic E-state index is -0.741. The van der Waals surface area contributed by atoms with E-state index in [-0.39, 0.29) is 18.5 Å². The Labute approximate surface area is 120 Å². The zero-order chi connectivity index (χ0) is 15.0. The number of hydrogen-bond donors (Lipinski definition) is 2. The van der Waals surface area contributed by atoms with E-state index in [1.807, 2.05) is 13.8 Å². The summed E-state index contributed by atoms with van der Waals surface area (Å²) in [6.07, 6.45) is 2.72. The molecule has 0 saturated carbocycles. The van der Waals surface area contributed by atoms with Gasteiger partial charge in [0.25, 0.3) is 0 Å². The minimum absolute atomic E-state index is 0.00665. The SMILES string of the molecule is CCOCC(C)NC(=O)N1CCC(CCC(=O)O)CC1. The maximum atomic E-state index is 12.0. The van der Waals surface area contributed by atoms with Crippen LogP contribution in [-0.4, -0.2) is 54.4 Å². The van der Waals surface area contributed by atoms with E-state index in [1.165, 1.54) is 0 Å². The van der Waals surface area contributed by atoms with Crippen molar-refractivity contribution in [1.29, 1.82) is 0 Å². The highest BCUT2D eigenvalue weighted by Crippen LogP contribution is 2.21. The van der Waals surface area contributed by atoms with E-state index in [4.69, 9.17) is 9.84 Å². The van der Waals surface area contributed by atoms with Crippen LogP contribution in [0.5, 0.6) is 0 Å². The number of piperidine rings is 1. The molecule has 1 fully saturated rings. The van der Waals surface area contributed by atoms with Gasteiger partial charge in [-0.05, 0) is 39.0 Å². The van der Waals surface area contributed by atoms with Crippen LogP contribution in [0, 0.1) is 5.92 Å². The van der Waals surface area contributed by atoms with Crippen LogP contribution in [0.3, 0.4) is 0 Å². The topological polar surface area (TPSA) is 78.9 Å². The highest BCUT2D eigenvalue weighted by atomic mass is 16.5. The fourth-order valence-corrected chi connectivity index (χ4v) is 2.39. The van der Waals surface area contributed by atoms with Gasteiger partial charge in [-0.2, -0.15) is 0 Å². The summed E-state index contributed by atoms with van der Waals surface area (Å²) in [5, 5.41) is 11.6. The molecule has 1 atom stereocenters. The third-order valence-corrected chi connectivity index (χ3v) is 3.61. The Hall–Kier alpha value is -1.30. The van der Waals surface area contributed by atoms with E-state index in [0.717, 1.165) is 12.8 Å². The van der Waals surface area contributed by atoms with E-state index >= 15 is 0 Å². The summed E-state index contributed by atoms with van der Waals surface area (Å²) >= 11 is 0. The maximum Gasteiger partial charge on any atom is 0.317 e. The molecule has 1 rings (SSSR count). The van der Waals surface area contributed by atoms with Crippen LogP contribution in [0.15, 0.2) is 0 Å². The number of rotatable bonds is 7. The van der Waals surface area contributed by atoms with Crippen LogP contribution in [0.25, 0.3) is 0 Å². The first-order chi connectivity index (χ1) is 9.52. The van der Waals surface area contributed by atoms with Gasteiger partial charge in [0, 0.05) is 26.1 Å². The molecule has 6 nitrogen and oxygen atoms in total. The molecule has 1 aliphatic rings. The Morgan fingerprint density at radius 2 is 2.05 bits per heavy atom. The minimum Gasteiger partial charge on any atom is -0.481 e. The van der Waals surface area contributed by atoms with E-state index < -0.39 is 5.97 Å². The van der Waals surface area contributed by atoms with Gasteiger partial charge in [-0.3, -0.25) is 4.79 Å². The van der Waals surface area contributed by atoms with E-state index in [0.29, 0.717) is 38.6 Å². The number of nitrogens with one attached hydrogen (secondary N) is 1. The van der Waals surface area contributed by atoms with Gasteiger partial charge >= 0.3 is 12.0 Å². The number of urea groups is 1. The summed E-state index contributed by atoms with van der Waals surface area (Å²) in [4.78, 5) is 24.4. The Morgan fingerprint density at radius 3 is 2.60 bits per heavy atom. The molecule has 0 aliphatic carbocycles. The van der Waals surface area contributed by atoms with Gasteiger partial charge in [-0.15, -0.1) is 0 Å². The summed E-state index contributed by atoms with van der Waals surface area (Å²) in [5.41, 5.74) is 0. The number of carboxylic acid groups (broad SMARTS) is 1. The molecule has 1 heterocycles. The molecule has 116 valence electrons. The predicted octanol–water partition coefficient (Wildman–Crippen LogP) is 1.70. The largest absolute Gasteiger partial charge is 0.481 e. The van der Waals surface area contributed by atoms with Gasteiger partial charge in [0.2, 0.25) is 0 Å². The van der Waals surface area contributed by atoms with Crippen LogP contribution in [0.4, 0.5) is 4.79 Å². The van der Waals surface area contributed by atoms with Crippen molar-refractivity contribution in [2.24, 2.45) is 5.92 Å². The van der Waals surface area contributed by atoms with E-state index in [9.17, 15) is 9.59 Å². The van der Waals surface area contributed by atoms with Gasteiger partial charge in [0.15, 0.2) is 0 Å². The van der Waals surface area contributed by atoms with Crippen LogP contribution < -0.4 is 5.32 Å². The number of carbonyl (C=O) groups is 2. The number of nitrogens with zero attached hydrogens (tertiary/aromatic N) is 1. The number of carboxylic acids is 1. The third kappa shape index (κ3) is 6.23. The predicted molar refractivity (Wildman–Crippen MR) is 75.7 cm³/mol. The second kappa shape index (κ2) is 8.79. The van der Waals surface area contributed by atoms with Crippen LogP contribution in [0.2, 0.25) is 0 Å². The van der Waals surface area contributed by atoms with Crippen molar-refractivity contribution in [1.82, 2.24) is 10.2 Å². The molecule has 2 amide bonds. The molecule has 1 aliphatic heterocycles. The van der Waals surface area contributed by atoms with E-state index in [1.54, 1.807) is 4.90 Å². The number of hydrogen-bond acceptors (Lipinski definition) is 3. The van der Waals surface area contributed by atoms with Crippen molar-refractivity contribution in [3.05, 3.63) is 0 Å². The Kier molecular flexibility index (Phi) is 7.36. The summed E-state index contributed by atoms with van der Waals surface area (Å²) in [5.74, 6) is -0.314. The average Bonchev–Trinajstić information content (AvgIpc) is 2.43. The molecule has 1 unspecified atom stereocenters. The first kappa shape index (κ1) is 16.8. The summed E-state index contributed by atoms with van der Waals surface area (Å²) in [7, 11) is 0. The van der Waals surface area contributed by atoms with Gasteiger partial charge in [0.05, 0.1) is 12.6 Å². The molecule has 1 saturated heterocycles. The normalized spacial score (nSPS) is 17.8. The number of carbonyl (C=O) groups excluding carboxylic acids is 1. The second-order valence-corrected chi connectivity index (χ2v) is 5.37. The fraction of sp³-hybridized carbons (Fsp3) is 0.857. The molecular formula is C14H26N2O4. The highest BCUT2D eigenvalue weighted by Gasteiger charge is 2.23. The van der Waals surface area contributed by atoms with E-state index in [2.05, 4.69) is 5.32 Å². The number of ether oxygens (including phenoxy) is 1. The monoisotopic (exact) mass is 286 g/mol. The highest BCUT2D eigenvalue weighted by molar-refractivity contribution is 5.74. The lowest BCUT2D eigenvalue weighted by Crippen LogP contribution is -2.48. The van der Waals surface area contributed by atoms with Crippen LogP contribution in [0.1, 0.15) is 39.5 Å². The van der Waals surface area contributed by atoms with Crippen molar-refractivity contribution >= 4 is 12.0 Å². The van der Waals surface area contributed by atoms with Crippen molar-refractivity contribution in [2.75, 3.05) is 26.3 Å². The van der Waals surface area contributed by atoms with Crippen LogP contribution in [-0.2, 0) is 9.53 Å². The summed E-state index contributed by atoms with van der Waals surface area (Å²) < 4.78 is 5.27. The Bertz CT molecular complexity index is 314. The van der Waals surface area contributed by atoms with Crippen molar-refractivity contribution < 1.29 is 19.4 Å². The molecule has 0 aromatic carbocycles. The zero-order valence-electron chi connectivity index (χ0n) is 12.4. The van der Waals surface area contributed by atoms with Crippen molar-refractivity contribution in [3.63, 3.8) is 0 Å². The molecule has 20 heavy (non-hydrogen) atoms. The molecule has 2 N–H and O–H groups in total. The average molecular weight is 286 g/mol. The van der Waals surface area contributed by atoms with Crippen LogP contribution >= 0.6 is 0 Å². The number of amides is 2. The Morgan fingerprint density at radius 1 is 1.40 bits per heavy atom. The second-order valence-electron chi connectivity index (χ2n) is 5.37. The van der Waals surface area contributed by atoms with Crippen molar-refractivity contribution in [2.45, 2.75) is 45.6 Å². The molecule has 0 spiro atoms. The lowest BCUT2D eigenvalue weighted by Gasteiger charge is -2.32. The van der Waals surface area contributed by atoms with Gasteiger partial charge in [-0.25, -0.2) is 4.79 Å². The summed E-state index contributed by atoms with van der Waals surface area (Å²) in [6, 6.07) is -0.0407. The molecular weight excluding hydrogens is 260 g/mol. The molecule has 0 aromatic rings. The molecule has 0 radical (unpaired) electrons. The molecule has 0 aromatic heterocycles. The summed E-state index contributed by atoms with van der Waals surface area (Å²) in [6.45, 7) is 6.44. The van der Waals surface area contributed by atoms with Gasteiger partial charge < -0.3 is 20.1 Å². The van der Waals surface area contributed by atoms with Crippen molar-refractivity contribution in [3.8, 4) is 0 Å². The van der Waals surface area contributed by atoms with Gasteiger partial charge in [-0.1, -0.05) is 0 Å². The standard InChI is InChI=1S/C14H26N2O4/c1-3-20-10-11(2)15-14(19)16-8-6-12(7-9-16)4-5-13(17)18/h11-12H,3-10H2,1-2H3,(H,15,19)(H,17,18). The zero-order valence-corrected chi connectivity index (χ0v) is 12.4. The number of aliphatic carboxylic acids is 1. The smallest absolute Gasteiger partial charge is 0.317 e. The Balaban J connectivity index is 2.23. The lowest BCUT2D eigenvalue weighted by molar-refractivity contribution is -0.137. The van der Waals surface area contributed by atoms with Gasteiger partial charge in [0.1, 0.15) is 0 Å². The number of likely N-dealkylation sites (tertiary alicyclic amines) is 1. The molecule has 6 heteroatoms. The fourth-order valence-electron chi connectivity index (χ4n) is 2.39. The quantitative estimate of drug-likeness (QED) is 0.746. The maximum absolute atomic E-state index is 12.0. The third-order valence-electron chi connectivity index (χ3n) is 3.61.